The molecule has 2 N–H and O–H groups in total. The molecule has 1 fully saturated rings. The van der Waals surface area contributed by atoms with E-state index in [-0.39, 0.29) is 0 Å². The SMILES string of the molecule is COc1cc(Cl)c(C2CC(CN)CN2C)cc1Br. The molecule has 5 heteroatoms. The minimum atomic E-state index is 0.341. The van der Waals surface area contributed by atoms with E-state index in [2.05, 4.69) is 33.9 Å². The third-order valence-corrected chi connectivity index (χ3v) is 4.55. The summed E-state index contributed by atoms with van der Waals surface area (Å²) in [7, 11) is 3.76. The lowest BCUT2D eigenvalue weighted by molar-refractivity contribution is 0.313. The number of benzene rings is 1. The van der Waals surface area contributed by atoms with Gasteiger partial charge in [0.2, 0.25) is 0 Å². The van der Waals surface area contributed by atoms with Crippen LogP contribution in [0.15, 0.2) is 16.6 Å². The van der Waals surface area contributed by atoms with Crippen LogP contribution in [0.4, 0.5) is 0 Å². The molecule has 1 aliphatic rings. The highest BCUT2D eigenvalue weighted by Crippen LogP contribution is 2.41. The molecule has 0 radical (unpaired) electrons. The van der Waals surface area contributed by atoms with E-state index >= 15 is 0 Å². The maximum Gasteiger partial charge on any atom is 0.134 e. The van der Waals surface area contributed by atoms with Crippen molar-refractivity contribution in [2.75, 3.05) is 27.2 Å². The standard InChI is InChI=1S/C13H18BrClN2O/c1-17-7-8(6-16)3-12(17)9-4-10(14)13(18-2)5-11(9)15/h4-5,8,12H,3,6-7,16H2,1-2H3. The Morgan fingerprint density at radius 3 is 2.83 bits per heavy atom. The second-order valence-electron chi connectivity index (χ2n) is 4.80. The molecule has 0 saturated carbocycles. The topological polar surface area (TPSA) is 38.5 Å². The molecule has 0 aliphatic carbocycles. The third-order valence-electron chi connectivity index (χ3n) is 3.60. The molecule has 0 amide bonds. The summed E-state index contributed by atoms with van der Waals surface area (Å²) in [4.78, 5) is 2.32. The molecular formula is C13H18BrClN2O. The zero-order chi connectivity index (χ0) is 13.3. The largest absolute Gasteiger partial charge is 0.496 e. The second-order valence-corrected chi connectivity index (χ2v) is 6.06. The van der Waals surface area contributed by atoms with Crippen molar-refractivity contribution in [3.8, 4) is 5.75 Å². The van der Waals surface area contributed by atoms with Crippen molar-refractivity contribution in [1.29, 1.82) is 0 Å². The van der Waals surface area contributed by atoms with Gasteiger partial charge in [-0.25, -0.2) is 0 Å². The van der Waals surface area contributed by atoms with E-state index in [0.29, 0.717) is 12.0 Å². The highest BCUT2D eigenvalue weighted by molar-refractivity contribution is 9.10. The molecule has 0 bridgehead atoms. The van der Waals surface area contributed by atoms with Gasteiger partial charge in [-0.2, -0.15) is 0 Å². The van der Waals surface area contributed by atoms with E-state index < -0.39 is 0 Å². The van der Waals surface area contributed by atoms with Crippen molar-refractivity contribution in [3.63, 3.8) is 0 Å². The molecule has 1 aromatic carbocycles. The maximum atomic E-state index is 6.36. The predicted octanol–water partition coefficient (Wildman–Crippen LogP) is 3.06. The van der Waals surface area contributed by atoms with Gasteiger partial charge in [0.25, 0.3) is 0 Å². The molecule has 1 aliphatic heterocycles. The Hall–Kier alpha value is -0.290. The Labute approximate surface area is 121 Å². The molecule has 2 unspecified atom stereocenters. The quantitative estimate of drug-likeness (QED) is 0.924. The van der Waals surface area contributed by atoms with Gasteiger partial charge in [0, 0.05) is 23.7 Å². The molecular weight excluding hydrogens is 316 g/mol. The van der Waals surface area contributed by atoms with Crippen molar-refractivity contribution in [2.45, 2.75) is 12.5 Å². The average molecular weight is 334 g/mol. The van der Waals surface area contributed by atoms with Gasteiger partial charge in [-0.15, -0.1) is 0 Å². The molecule has 2 rings (SSSR count). The summed E-state index contributed by atoms with van der Waals surface area (Å²) in [5.74, 6) is 1.32. The maximum absolute atomic E-state index is 6.36. The number of methoxy groups -OCH3 is 1. The van der Waals surface area contributed by atoms with Crippen LogP contribution in [0.1, 0.15) is 18.0 Å². The lowest BCUT2D eigenvalue weighted by Gasteiger charge is -2.21. The monoisotopic (exact) mass is 332 g/mol. The van der Waals surface area contributed by atoms with Gasteiger partial charge in [-0.1, -0.05) is 11.6 Å². The Morgan fingerprint density at radius 2 is 2.28 bits per heavy atom. The Bertz CT molecular complexity index is 441. The molecule has 0 aromatic heterocycles. The fraction of sp³-hybridized carbons (Fsp3) is 0.538. The van der Waals surface area contributed by atoms with Gasteiger partial charge >= 0.3 is 0 Å². The molecule has 1 aromatic rings. The van der Waals surface area contributed by atoms with Gasteiger partial charge < -0.3 is 10.5 Å². The van der Waals surface area contributed by atoms with Crippen LogP contribution >= 0.6 is 27.5 Å². The lowest BCUT2D eigenvalue weighted by Crippen LogP contribution is -2.20. The summed E-state index contributed by atoms with van der Waals surface area (Å²) in [6, 6.07) is 4.26. The first-order valence-electron chi connectivity index (χ1n) is 6.00. The smallest absolute Gasteiger partial charge is 0.134 e. The molecule has 2 atom stereocenters. The first-order chi connectivity index (χ1) is 8.56. The van der Waals surface area contributed by atoms with E-state index in [4.69, 9.17) is 22.1 Å². The van der Waals surface area contributed by atoms with Gasteiger partial charge in [-0.05, 0) is 53.5 Å². The van der Waals surface area contributed by atoms with E-state index in [1.807, 2.05) is 6.07 Å². The summed E-state index contributed by atoms with van der Waals surface area (Å²) in [6.07, 6.45) is 1.06. The van der Waals surface area contributed by atoms with Crippen LogP contribution in [0.3, 0.4) is 0 Å². The summed E-state index contributed by atoms with van der Waals surface area (Å²) in [5.41, 5.74) is 6.90. The highest BCUT2D eigenvalue weighted by atomic mass is 79.9. The van der Waals surface area contributed by atoms with Gasteiger partial charge in [0.1, 0.15) is 5.75 Å². The summed E-state index contributed by atoms with van der Waals surface area (Å²) >= 11 is 9.87. The van der Waals surface area contributed by atoms with E-state index in [1.54, 1.807) is 7.11 Å². The predicted molar refractivity (Wildman–Crippen MR) is 78.2 cm³/mol. The zero-order valence-corrected chi connectivity index (χ0v) is 13.0. The first kappa shape index (κ1) is 14.1. The van der Waals surface area contributed by atoms with Crippen molar-refractivity contribution in [2.24, 2.45) is 11.7 Å². The van der Waals surface area contributed by atoms with Crippen LogP contribution in [0.5, 0.6) is 5.75 Å². The number of rotatable bonds is 3. The van der Waals surface area contributed by atoms with Crippen molar-refractivity contribution in [3.05, 3.63) is 27.2 Å². The first-order valence-corrected chi connectivity index (χ1v) is 7.17. The fourth-order valence-electron chi connectivity index (χ4n) is 2.60. The van der Waals surface area contributed by atoms with Crippen LogP contribution in [0.2, 0.25) is 5.02 Å². The van der Waals surface area contributed by atoms with E-state index in [9.17, 15) is 0 Å². The Balaban J connectivity index is 2.31. The second kappa shape index (κ2) is 5.78. The van der Waals surface area contributed by atoms with Crippen LogP contribution in [-0.4, -0.2) is 32.1 Å². The van der Waals surface area contributed by atoms with E-state index in [1.165, 1.54) is 0 Å². The summed E-state index contributed by atoms with van der Waals surface area (Å²) < 4.78 is 6.19. The molecule has 3 nitrogen and oxygen atoms in total. The molecule has 0 spiro atoms. The Morgan fingerprint density at radius 1 is 1.56 bits per heavy atom. The number of hydrogen-bond donors (Lipinski definition) is 1. The van der Waals surface area contributed by atoms with Crippen LogP contribution in [0.25, 0.3) is 0 Å². The number of nitrogens with zero attached hydrogens (tertiary/aromatic N) is 1. The van der Waals surface area contributed by atoms with Gasteiger partial charge in [0.15, 0.2) is 0 Å². The molecule has 1 saturated heterocycles. The minimum Gasteiger partial charge on any atom is -0.496 e. The van der Waals surface area contributed by atoms with Crippen molar-refractivity contribution >= 4 is 27.5 Å². The zero-order valence-electron chi connectivity index (χ0n) is 10.6. The molecule has 100 valence electrons. The minimum absolute atomic E-state index is 0.341. The summed E-state index contributed by atoms with van der Waals surface area (Å²) in [5, 5.41) is 0.754. The van der Waals surface area contributed by atoms with Crippen LogP contribution in [0, 0.1) is 5.92 Å². The van der Waals surface area contributed by atoms with Crippen molar-refractivity contribution in [1.82, 2.24) is 4.90 Å². The van der Waals surface area contributed by atoms with Gasteiger partial charge in [0.05, 0.1) is 11.6 Å². The van der Waals surface area contributed by atoms with Crippen LogP contribution in [-0.2, 0) is 0 Å². The van der Waals surface area contributed by atoms with E-state index in [0.717, 1.165) is 40.3 Å². The van der Waals surface area contributed by atoms with Gasteiger partial charge in [-0.3, -0.25) is 4.90 Å². The van der Waals surface area contributed by atoms with Crippen LogP contribution < -0.4 is 10.5 Å². The number of ether oxygens (including phenoxy) is 1. The molecule has 18 heavy (non-hydrogen) atoms. The Kier molecular flexibility index (Phi) is 4.54. The summed E-state index contributed by atoms with van der Waals surface area (Å²) in [6.45, 7) is 1.76. The van der Waals surface area contributed by atoms with Crippen molar-refractivity contribution < 1.29 is 4.74 Å². The number of nitrogens with two attached hydrogens (primary N) is 1. The highest BCUT2D eigenvalue weighted by Gasteiger charge is 2.31. The normalized spacial score (nSPS) is 24.5. The number of likely N-dealkylation sites (tertiary alicyclic amines) is 1. The number of halogens is 2. The number of hydrogen-bond acceptors (Lipinski definition) is 3. The fourth-order valence-corrected chi connectivity index (χ4v) is 3.40. The third kappa shape index (κ3) is 2.67. The molecule has 1 heterocycles. The average Bonchev–Trinajstić information content (AvgIpc) is 2.73. The lowest BCUT2D eigenvalue weighted by atomic mass is 10.00.